The van der Waals surface area contributed by atoms with Crippen molar-refractivity contribution in [2.45, 2.75) is 13.5 Å². The van der Waals surface area contributed by atoms with Crippen molar-refractivity contribution in [3.05, 3.63) is 99.2 Å². The molecule has 0 unspecified atom stereocenters. The number of halogens is 2. The molecule has 0 aromatic heterocycles. The van der Waals surface area contributed by atoms with Gasteiger partial charge in [-0.3, -0.25) is 0 Å². The van der Waals surface area contributed by atoms with Gasteiger partial charge in [0.2, 0.25) is 5.90 Å². The van der Waals surface area contributed by atoms with E-state index in [4.69, 9.17) is 37.4 Å². The molecule has 0 radical (unpaired) electrons. The number of esters is 1. The number of hydrogen-bond acceptors (Lipinski definition) is 5. The van der Waals surface area contributed by atoms with E-state index in [1.54, 1.807) is 42.5 Å². The summed E-state index contributed by atoms with van der Waals surface area (Å²) in [5, 5.41) is 1.27. The van der Waals surface area contributed by atoms with E-state index in [-0.39, 0.29) is 11.6 Å². The molecule has 4 rings (SSSR count). The topological polar surface area (TPSA) is 57.1 Å². The van der Waals surface area contributed by atoms with E-state index in [1.165, 1.54) is 0 Å². The smallest absolute Gasteiger partial charge is 0.363 e. The fraction of sp³-hybridized carbons (Fsp3) is 0.120. The van der Waals surface area contributed by atoms with Crippen LogP contribution in [0.2, 0.25) is 10.0 Å². The first kappa shape index (κ1) is 21.9. The number of hydrogen-bond donors (Lipinski definition) is 0. The Morgan fingerprint density at radius 3 is 2.28 bits per heavy atom. The van der Waals surface area contributed by atoms with Crippen LogP contribution in [0.15, 0.2) is 77.4 Å². The SMILES string of the molecule is CCOc1cc(/C=C2\N=C(c3ccc(Cl)cc3)OC2=O)ccc1OCc1ccc(Cl)cc1. The first-order valence-corrected chi connectivity index (χ1v) is 10.7. The van der Waals surface area contributed by atoms with Crippen LogP contribution in [0, 0.1) is 0 Å². The van der Waals surface area contributed by atoms with Crippen molar-refractivity contribution in [2.24, 2.45) is 4.99 Å². The average molecular weight is 468 g/mol. The van der Waals surface area contributed by atoms with Crippen molar-refractivity contribution in [3.8, 4) is 11.5 Å². The molecule has 32 heavy (non-hydrogen) atoms. The van der Waals surface area contributed by atoms with Crippen molar-refractivity contribution < 1.29 is 19.0 Å². The van der Waals surface area contributed by atoms with Crippen molar-refractivity contribution in [2.75, 3.05) is 6.61 Å². The molecule has 3 aromatic carbocycles. The van der Waals surface area contributed by atoms with Gasteiger partial charge in [0, 0.05) is 15.6 Å². The van der Waals surface area contributed by atoms with E-state index >= 15 is 0 Å². The largest absolute Gasteiger partial charge is 0.490 e. The molecule has 1 heterocycles. The zero-order valence-electron chi connectivity index (χ0n) is 17.2. The predicted molar refractivity (Wildman–Crippen MR) is 125 cm³/mol. The van der Waals surface area contributed by atoms with Crippen LogP contribution in [0.3, 0.4) is 0 Å². The maximum atomic E-state index is 12.3. The van der Waals surface area contributed by atoms with Gasteiger partial charge in [0.15, 0.2) is 17.2 Å². The number of cyclic esters (lactones) is 1. The number of rotatable bonds is 7. The van der Waals surface area contributed by atoms with Crippen molar-refractivity contribution >= 4 is 41.1 Å². The second-order valence-electron chi connectivity index (χ2n) is 6.90. The third-order valence-electron chi connectivity index (χ3n) is 4.59. The lowest BCUT2D eigenvalue weighted by molar-refractivity contribution is -0.129. The third kappa shape index (κ3) is 5.31. The van der Waals surface area contributed by atoms with Gasteiger partial charge in [0.25, 0.3) is 0 Å². The summed E-state index contributed by atoms with van der Waals surface area (Å²) in [5.74, 6) is 0.897. The van der Waals surface area contributed by atoms with Gasteiger partial charge in [-0.1, -0.05) is 41.4 Å². The third-order valence-corrected chi connectivity index (χ3v) is 5.09. The van der Waals surface area contributed by atoms with Gasteiger partial charge in [0.05, 0.1) is 6.61 Å². The monoisotopic (exact) mass is 467 g/mol. The quantitative estimate of drug-likeness (QED) is 0.301. The van der Waals surface area contributed by atoms with Crippen LogP contribution >= 0.6 is 23.2 Å². The molecular weight excluding hydrogens is 449 g/mol. The van der Waals surface area contributed by atoms with E-state index in [1.807, 2.05) is 37.3 Å². The lowest BCUT2D eigenvalue weighted by atomic mass is 10.1. The van der Waals surface area contributed by atoms with Crippen LogP contribution in [0.4, 0.5) is 0 Å². The summed E-state index contributed by atoms with van der Waals surface area (Å²) in [5.41, 5.74) is 2.60. The number of aliphatic imine (C=N–C) groups is 1. The summed E-state index contributed by atoms with van der Waals surface area (Å²) in [6, 6.07) is 19.8. The molecule has 0 saturated heterocycles. The Morgan fingerprint density at radius 2 is 1.59 bits per heavy atom. The van der Waals surface area contributed by atoms with E-state index < -0.39 is 5.97 Å². The number of carbonyl (C=O) groups is 1. The molecule has 5 nitrogen and oxygen atoms in total. The van der Waals surface area contributed by atoms with Crippen LogP contribution in [0.25, 0.3) is 6.08 Å². The summed E-state index contributed by atoms with van der Waals surface area (Å²) in [6.45, 7) is 2.74. The zero-order chi connectivity index (χ0) is 22.5. The molecule has 1 aliphatic rings. The lowest BCUT2D eigenvalue weighted by Crippen LogP contribution is -2.05. The maximum Gasteiger partial charge on any atom is 0.363 e. The minimum atomic E-state index is -0.518. The number of nitrogens with zero attached hydrogens (tertiary/aromatic N) is 1. The lowest BCUT2D eigenvalue weighted by Gasteiger charge is -2.13. The summed E-state index contributed by atoms with van der Waals surface area (Å²) < 4.78 is 17.0. The Labute approximate surface area is 195 Å². The molecule has 0 amide bonds. The van der Waals surface area contributed by atoms with Crippen LogP contribution < -0.4 is 9.47 Å². The molecule has 0 bridgehead atoms. The summed E-state index contributed by atoms with van der Waals surface area (Å²) in [7, 11) is 0. The Hall–Kier alpha value is -3.28. The minimum absolute atomic E-state index is 0.201. The van der Waals surface area contributed by atoms with Crippen molar-refractivity contribution in [1.29, 1.82) is 0 Å². The Balaban J connectivity index is 1.54. The summed E-state index contributed by atoms with van der Waals surface area (Å²) >= 11 is 11.8. The summed E-state index contributed by atoms with van der Waals surface area (Å²) in [6.07, 6.45) is 1.65. The molecule has 0 saturated carbocycles. The first-order chi connectivity index (χ1) is 15.5. The average Bonchev–Trinajstić information content (AvgIpc) is 3.15. The van der Waals surface area contributed by atoms with E-state index in [0.717, 1.165) is 11.1 Å². The number of benzene rings is 3. The van der Waals surface area contributed by atoms with E-state index in [2.05, 4.69) is 4.99 Å². The molecular formula is C25H19Cl2NO4. The van der Waals surface area contributed by atoms with Crippen LogP contribution in [-0.2, 0) is 16.1 Å². The molecule has 0 atom stereocenters. The number of ether oxygens (including phenoxy) is 3. The van der Waals surface area contributed by atoms with Gasteiger partial charge in [-0.05, 0) is 72.7 Å². The highest BCUT2D eigenvalue weighted by Gasteiger charge is 2.24. The molecule has 0 fully saturated rings. The zero-order valence-corrected chi connectivity index (χ0v) is 18.7. The second-order valence-corrected chi connectivity index (χ2v) is 7.77. The predicted octanol–water partition coefficient (Wildman–Crippen LogP) is 6.32. The Morgan fingerprint density at radius 1 is 0.906 bits per heavy atom. The van der Waals surface area contributed by atoms with Gasteiger partial charge in [-0.15, -0.1) is 0 Å². The fourth-order valence-electron chi connectivity index (χ4n) is 3.03. The van der Waals surface area contributed by atoms with Gasteiger partial charge < -0.3 is 14.2 Å². The highest BCUT2D eigenvalue weighted by molar-refractivity contribution is 6.31. The summed E-state index contributed by atoms with van der Waals surface area (Å²) in [4.78, 5) is 16.6. The minimum Gasteiger partial charge on any atom is -0.490 e. The maximum absolute atomic E-state index is 12.3. The highest BCUT2D eigenvalue weighted by atomic mass is 35.5. The highest BCUT2D eigenvalue weighted by Crippen LogP contribution is 2.31. The van der Waals surface area contributed by atoms with E-state index in [9.17, 15) is 4.79 Å². The van der Waals surface area contributed by atoms with Crippen LogP contribution in [0.1, 0.15) is 23.6 Å². The van der Waals surface area contributed by atoms with Gasteiger partial charge in [-0.2, -0.15) is 0 Å². The normalized spacial score (nSPS) is 14.3. The Kier molecular flexibility index (Phi) is 6.78. The fourth-order valence-corrected chi connectivity index (χ4v) is 3.28. The molecule has 0 aliphatic carbocycles. The molecule has 3 aromatic rings. The van der Waals surface area contributed by atoms with Crippen LogP contribution in [0.5, 0.6) is 11.5 Å². The van der Waals surface area contributed by atoms with Crippen LogP contribution in [-0.4, -0.2) is 18.5 Å². The molecule has 7 heteroatoms. The molecule has 162 valence electrons. The standard InChI is InChI=1S/C25H19Cl2NO4/c1-2-30-23-14-17(5-12-22(23)31-15-16-3-8-19(26)9-4-16)13-21-25(29)32-24(28-21)18-6-10-20(27)11-7-18/h3-14H,2,15H2,1H3/b21-13-. The second kappa shape index (κ2) is 9.90. The molecule has 0 spiro atoms. The number of carbonyl (C=O) groups excluding carboxylic acids is 1. The van der Waals surface area contributed by atoms with Crippen molar-refractivity contribution in [1.82, 2.24) is 0 Å². The molecule has 1 aliphatic heterocycles. The van der Waals surface area contributed by atoms with Gasteiger partial charge in [-0.25, -0.2) is 9.79 Å². The van der Waals surface area contributed by atoms with Crippen molar-refractivity contribution in [3.63, 3.8) is 0 Å². The van der Waals surface area contributed by atoms with E-state index in [0.29, 0.717) is 40.3 Å². The van der Waals surface area contributed by atoms with Gasteiger partial charge >= 0.3 is 5.97 Å². The van der Waals surface area contributed by atoms with Gasteiger partial charge in [0.1, 0.15) is 6.61 Å². The molecule has 0 N–H and O–H groups in total. The Bertz CT molecular complexity index is 1190. The first-order valence-electron chi connectivity index (χ1n) is 9.94.